The number of aromatic nitrogens is 2. The first-order chi connectivity index (χ1) is 15.7. The maximum atomic E-state index is 12.6. The zero-order valence-electron chi connectivity index (χ0n) is 18.2. The minimum Gasteiger partial charge on any atom is -0.507 e. The number of anilines is 1. The molecule has 32 heavy (non-hydrogen) atoms. The van der Waals surface area contributed by atoms with Crippen LogP contribution in [0.15, 0.2) is 67.0 Å². The Morgan fingerprint density at radius 2 is 1.69 bits per heavy atom. The Morgan fingerprint density at radius 1 is 0.938 bits per heavy atom. The van der Waals surface area contributed by atoms with Gasteiger partial charge < -0.3 is 15.3 Å². The minimum atomic E-state index is -0.233. The second-order valence-corrected chi connectivity index (χ2v) is 8.00. The highest BCUT2D eigenvalue weighted by molar-refractivity contribution is 5.97. The topological polar surface area (TPSA) is 81.6 Å². The van der Waals surface area contributed by atoms with Gasteiger partial charge in [-0.1, -0.05) is 36.4 Å². The third-order valence-electron chi connectivity index (χ3n) is 5.70. The number of benzene rings is 2. The molecule has 0 radical (unpaired) electrons. The van der Waals surface area contributed by atoms with Crippen molar-refractivity contribution in [3.63, 3.8) is 0 Å². The second kappa shape index (κ2) is 10.7. The number of nitrogens with zero attached hydrogens (tertiary/aromatic N) is 4. The molecular formula is C25H29N5O2. The molecule has 0 saturated carbocycles. The summed E-state index contributed by atoms with van der Waals surface area (Å²) in [5.74, 6) is 0.565. The molecule has 1 aliphatic rings. The summed E-state index contributed by atoms with van der Waals surface area (Å²) in [5.41, 5.74) is 2.50. The van der Waals surface area contributed by atoms with E-state index in [0.717, 1.165) is 57.1 Å². The molecule has 166 valence electrons. The normalized spacial score (nSPS) is 14.3. The number of phenols is 1. The van der Waals surface area contributed by atoms with Crippen LogP contribution >= 0.6 is 0 Å². The molecule has 0 unspecified atom stereocenters. The number of hydrogen-bond acceptors (Lipinski definition) is 6. The highest BCUT2D eigenvalue weighted by Gasteiger charge is 2.18. The number of nitrogens with one attached hydrogen (secondary N) is 1. The van der Waals surface area contributed by atoms with Crippen molar-refractivity contribution in [1.82, 2.24) is 20.2 Å². The Bertz CT molecular complexity index is 1010. The number of hydrogen-bond donors (Lipinski definition) is 2. The van der Waals surface area contributed by atoms with Gasteiger partial charge in [0.1, 0.15) is 5.75 Å². The second-order valence-electron chi connectivity index (χ2n) is 8.00. The summed E-state index contributed by atoms with van der Waals surface area (Å²) in [7, 11) is 0. The number of aromatic hydroxyl groups is 1. The third-order valence-corrected chi connectivity index (χ3v) is 5.70. The highest BCUT2D eigenvalue weighted by Crippen LogP contribution is 2.20. The van der Waals surface area contributed by atoms with E-state index in [9.17, 15) is 9.90 Å². The van der Waals surface area contributed by atoms with E-state index in [1.165, 1.54) is 5.56 Å². The van der Waals surface area contributed by atoms with E-state index in [0.29, 0.717) is 12.1 Å². The van der Waals surface area contributed by atoms with E-state index in [1.807, 2.05) is 30.3 Å². The van der Waals surface area contributed by atoms with Crippen molar-refractivity contribution in [3.05, 3.63) is 83.7 Å². The molecule has 0 aliphatic carbocycles. The lowest BCUT2D eigenvalue weighted by Gasteiger charge is -2.34. The monoisotopic (exact) mass is 431 g/mol. The quantitative estimate of drug-likeness (QED) is 0.534. The van der Waals surface area contributed by atoms with Crippen molar-refractivity contribution >= 4 is 11.9 Å². The molecule has 2 N–H and O–H groups in total. The smallest absolute Gasteiger partial charge is 0.255 e. The minimum absolute atomic E-state index is 0.0126. The Labute approximate surface area is 188 Å². The molecule has 1 aromatic heterocycles. The summed E-state index contributed by atoms with van der Waals surface area (Å²) in [5, 5.41) is 13.1. The molecular weight excluding hydrogens is 402 g/mol. The molecule has 0 bridgehead atoms. The van der Waals surface area contributed by atoms with Crippen LogP contribution in [0.3, 0.4) is 0 Å². The number of rotatable bonds is 8. The van der Waals surface area contributed by atoms with Crippen molar-refractivity contribution in [2.75, 3.05) is 44.2 Å². The SMILES string of the molecule is O=C(NCCCN1CCN(c2ncccn2)CC1)c1cc(Cc2ccccc2)ccc1O. The van der Waals surface area contributed by atoms with E-state index >= 15 is 0 Å². The van der Waals surface area contributed by atoms with Crippen LogP contribution in [0.2, 0.25) is 0 Å². The molecule has 1 aliphatic heterocycles. The van der Waals surface area contributed by atoms with Crippen LogP contribution in [-0.2, 0) is 6.42 Å². The summed E-state index contributed by atoms with van der Waals surface area (Å²) in [4.78, 5) is 25.8. The van der Waals surface area contributed by atoms with E-state index in [2.05, 4.69) is 37.2 Å². The maximum Gasteiger partial charge on any atom is 0.255 e. The van der Waals surface area contributed by atoms with Crippen LogP contribution in [0.1, 0.15) is 27.9 Å². The average Bonchev–Trinajstić information content (AvgIpc) is 2.84. The van der Waals surface area contributed by atoms with Crippen LogP contribution in [0, 0.1) is 0 Å². The lowest BCUT2D eigenvalue weighted by molar-refractivity contribution is 0.0948. The van der Waals surface area contributed by atoms with E-state index in [4.69, 9.17) is 0 Å². The summed E-state index contributed by atoms with van der Waals surface area (Å²) >= 11 is 0. The van der Waals surface area contributed by atoms with Crippen molar-refractivity contribution in [2.24, 2.45) is 0 Å². The number of carbonyl (C=O) groups is 1. The van der Waals surface area contributed by atoms with Gasteiger partial charge in [-0.25, -0.2) is 9.97 Å². The Morgan fingerprint density at radius 3 is 2.44 bits per heavy atom. The van der Waals surface area contributed by atoms with Gasteiger partial charge in [0.25, 0.3) is 5.91 Å². The van der Waals surface area contributed by atoms with Crippen LogP contribution in [0.25, 0.3) is 0 Å². The zero-order valence-corrected chi connectivity index (χ0v) is 18.2. The van der Waals surface area contributed by atoms with Gasteiger partial charge in [0, 0.05) is 45.1 Å². The Hall–Kier alpha value is -3.45. The molecule has 2 heterocycles. The van der Waals surface area contributed by atoms with Gasteiger partial charge in [-0.15, -0.1) is 0 Å². The molecule has 1 saturated heterocycles. The fourth-order valence-electron chi connectivity index (χ4n) is 3.93. The molecule has 1 fully saturated rings. The van der Waals surface area contributed by atoms with Gasteiger partial charge in [-0.3, -0.25) is 9.69 Å². The zero-order chi connectivity index (χ0) is 22.2. The number of amides is 1. The van der Waals surface area contributed by atoms with Gasteiger partial charge in [-0.05, 0) is 48.7 Å². The van der Waals surface area contributed by atoms with E-state index < -0.39 is 0 Å². The van der Waals surface area contributed by atoms with Gasteiger partial charge in [-0.2, -0.15) is 0 Å². The largest absolute Gasteiger partial charge is 0.507 e. The third kappa shape index (κ3) is 5.82. The van der Waals surface area contributed by atoms with Gasteiger partial charge in [0.2, 0.25) is 5.95 Å². The van der Waals surface area contributed by atoms with E-state index in [-0.39, 0.29) is 11.7 Å². The average molecular weight is 432 g/mol. The predicted molar refractivity (Wildman–Crippen MR) is 125 cm³/mol. The standard InChI is InChI=1S/C25H29N5O2/c31-23-9-8-21(18-20-6-2-1-3-7-20)19-22(23)24(32)26-12-5-13-29-14-16-30(17-15-29)25-27-10-4-11-28-25/h1-4,6-11,19,31H,5,12-18H2,(H,26,32). The summed E-state index contributed by atoms with van der Waals surface area (Å²) < 4.78 is 0. The van der Waals surface area contributed by atoms with Crippen LogP contribution in [-0.4, -0.2) is 65.2 Å². The molecule has 0 spiro atoms. The highest BCUT2D eigenvalue weighted by atomic mass is 16.3. The lowest BCUT2D eigenvalue weighted by atomic mass is 10.0. The van der Waals surface area contributed by atoms with Crippen LogP contribution in [0.4, 0.5) is 5.95 Å². The Kier molecular flexibility index (Phi) is 7.30. The Balaban J connectivity index is 1.21. The predicted octanol–water partition coefficient (Wildman–Crippen LogP) is 2.72. The molecule has 0 atom stereocenters. The fraction of sp³-hybridized carbons (Fsp3) is 0.320. The van der Waals surface area contributed by atoms with Gasteiger partial charge >= 0.3 is 0 Å². The van der Waals surface area contributed by atoms with Crippen LogP contribution in [0.5, 0.6) is 5.75 Å². The lowest BCUT2D eigenvalue weighted by Crippen LogP contribution is -2.47. The van der Waals surface area contributed by atoms with Crippen LogP contribution < -0.4 is 10.2 Å². The van der Waals surface area contributed by atoms with Crippen molar-refractivity contribution in [1.29, 1.82) is 0 Å². The number of carbonyl (C=O) groups excluding carboxylic acids is 1. The molecule has 2 aromatic carbocycles. The van der Waals surface area contributed by atoms with Gasteiger partial charge in [0.05, 0.1) is 5.56 Å². The maximum absolute atomic E-state index is 12.6. The fourth-order valence-corrected chi connectivity index (χ4v) is 3.93. The summed E-state index contributed by atoms with van der Waals surface area (Å²) in [6.45, 7) is 5.20. The first-order valence-electron chi connectivity index (χ1n) is 11.1. The molecule has 1 amide bonds. The summed E-state index contributed by atoms with van der Waals surface area (Å²) in [6.07, 6.45) is 5.12. The van der Waals surface area contributed by atoms with E-state index in [1.54, 1.807) is 24.5 Å². The summed E-state index contributed by atoms with van der Waals surface area (Å²) in [6, 6.07) is 17.2. The number of piperazine rings is 1. The molecule has 4 rings (SSSR count). The van der Waals surface area contributed by atoms with Gasteiger partial charge in [0.15, 0.2) is 0 Å². The van der Waals surface area contributed by atoms with Crippen molar-refractivity contribution in [2.45, 2.75) is 12.8 Å². The molecule has 3 aromatic rings. The first-order valence-corrected chi connectivity index (χ1v) is 11.1. The van der Waals surface area contributed by atoms with Crippen molar-refractivity contribution in [3.8, 4) is 5.75 Å². The van der Waals surface area contributed by atoms with Crippen molar-refractivity contribution < 1.29 is 9.90 Å². The number of phenolic OH excluding ortho intramolecular Hbond substituents is 1. The first kappa shape index (κ1) is 21.8. The molecule has 7 nitrogen and oxygen atoms in total. The molecule has 7 heteroatoms.